The number of aliphatic carboxylic acids is 1. The number of thioether (sulfide) groups is 1. The van der Waals surface area contributed by atoms with Crippen LogP contribution in [0, 0.1) is 6.92 Å². The number of rotatable bonds is 4. The van der Waals surface area contributed by atoms with Crippen LogP contribution in [-0.2, 0) is 18.9 Å². The quantitative estimate of drug-likeness (QED) is 0.723. The molecule has 0 aliphatic rings. The summed E-state index contributed by atoms with van der Waals surface area (Å²) in [7, 11) is 3.66. The number of carboxylic acids is 1. The molecule has 0 fully saturated rings. The maximum absolute atomic E-state index is 10.8. The van der Waals surface area contributed by atoms with Crippen molar-refractivity contribution in [2.24, 2.45) is 14.1 Å². The fourth-order valence-corrected chi connectivity index (χ4v) is 2.92. The molecule has 3 heterocycles. The van der Waals surface area contributed by atoms with Crippen LogP contribution < -0.4 is 0 Å². The fraction of sp³-hybridized carbons (Fsp3) is 0.333. The molecule has 0 unspecified atom stereocenters. The van der Waals surface area contributed by atoms with E-state index in [2.05, 4.69) is 15.2 Å². The predicted molar refractivity (Wildman–Crippen MR) is 77.7 cm³/mol. The Labute approximate surface area is 124 Å². The molecule has 0 aliphatic carbocycles. The van der Waals surface area contributed by atoms with Crippen LogP contribution in [0.2, 0.25) is 0 Å². The topological polar surface area (TPSA) is 90.8 Å². The number of imidazole rings is 1. The Morgan fingerprint density at radius 1 is 1.38 bits per heavy atom. The van der Waals surface area contributed by atoms with Crippen molar-refractivity contribution >= 4 is 28.9 Å². The SMILES string of the molecule is Cc1nn(C)c2c1nc(SCC(=O)O)n2-c1ccn(C)n1. The van der Waals surface area contributed by atoms with Gasteiger partial charge in [0.15, 0.2) is 16.6 Å². The van der Waals surface area contributed by atoms with Crippen molar-refractivity contribution in [3.8, 4) is 5.82 Å². The Bertz CT molecular complexity index is 830. The van der Waals surface area contributed by atoms with E-state index in [1.807, 2.05) is 37.8 Å². The zero-order valence-corrected chi connectivity index (χ0v) is 12.6. The maximum atomic E-state index is 10.8. The molecule has 0 bridgehead atoms. The van der Waals surface area contributed by atoms with Gasteiger partial charge in [0.1, 0.15) is 5.52 Å². The lowest BCUT2D eigenvalue weighted by molar-refractivity contribution is -0.133. The smallest absolute Gasteiger partial charge is 0.313 e. The minimum Gasteiger partial charge on any atom is -0.481 e. The second-order valence-electron chi connectivity index (χ2n) is 4.64. The molecule has 0 radical (unpaired) electrons. The number of aryl methyl sites for hydroxylation is 3. The minimum absolute atomic E-state index is 0.0529. The molecule has 3 rings (SSSR count). The van der Waals surface area contributed by atoms with Crippen molar-refractivity contribution in [2.75, 3.05) is 5.75 Å². The molecule has 0 atom stereocenters. The van der Waals surface area contributed by atoms with E-state index >= 15 is 0 Å². The highest BCUT2D eigenvalue weighted by atomic mass is 32.2. The third-order valence-electron chi connectivity index (χ3n) is 3.02. The van der Waals surface area contributed by atoms with E-state index in [9.17, 15) is 4.79 Å². The Morgan fingerprint density at radius 3 is 2.76 bits per heavy atom. The van der Waals surface area contributed by atoms with Gasteiger partial charge in [-0.2, -0.15) is 10.2 Å². The average Bonchev–Trinajstić information content (AvgIpc) is 3.05. The lowest BCUT2D eigenvalue weighted by Crippen LogP contribution is -2.05. The summed E-state index contributed by atoms with van der Waals surface area (Å²) in [4.78, 5) is 15.3. The second kappa shape index (κ2) is 4.92. The van der Waals surface area contributed by atoms with Crippen LogP contribution in [-0.4, -0.2) is 45.9 Å². The number of hydrogen-bond donors (Lipinski definition) is 1. The molecule has 0 aliphatic heterocycles. The molecule has 0 saturated heterocycles. The number of carboxylic acid groups (broad SMARTS) is 1. The summed E-state index contributed by atoms with van der Waals surface area (Å²) in [5.74, 6) is -0.242. The molecule has 1 N–H and O–H groups in total. The molecule has 8 nitrogen and oxygen atoms in total. The van der Waals surface area contributed by atoms with Crippen LogP contribution in [0.5, 0.6) is 0 Å². The van der Waals surface area contributed by atoms with E-state index in [0.717, 1.165) is 16.9 Å². The van der Waals surface area contributed by atoms with Crippen molar-refractivity contribution in [3.05, 3.63) is 18.0 Å². The van der Waals surface area contributed by atoms with E-state index in [4.69, 9.17) is 5.11 Å². The van der Waals surface area contributed by atoms with Crippen LogP contribution in [0.1, 0.15) is 5.69 Å². The summed E-state index contributed by atoms with van der Waals surface area (Å²) in [6.45, 7) is 1.88. The van der Waals surface area contributed by atoms with E-state index in [1.165, 1.54) is 11.8 Å². The molecule has 0 amide bonds. The Hall–Kier alpha value is -2.29. The zero-order valence-electron chi connectivity index (χ0n) is 11.8. The number of carbonyl (C=O) groups is 1. The molecule has 0 spiro atoms. The van der Waals surface area contributed by atoms with Gasteiger partial charge in [-0.25, -0.2) is 9.67 Å². The molecular formula is C12H14N6O2S. The van der Waals surface area contributed by atoms with Crippen LogP contribution in [0.25, 0.3) is 17.0 Å². The third-order valence-corrected chi connectivity index (χ3v) is 3.95. The number of hydrogen-bond acceptors (Lipinski definition) is 5. The van der Waals surface area contributed by atoms with Crippen molar-refractivity contribution < 1.29 is 9.90 Å². The first-order valence-corrected chi connectivity index (χ1v) is 7.22. The first-order valence-electron chi connectivity index (χ1n) is 6.24. The largest absolute Gasteiger partial charge is 0.481 e. The summed E-state index contributed by atoms with van der Waals surface area (Å²) in [5.41, 5.74) is 2.37. The first-order chi connectivity index (χ1) is 9.97. The number of nitrogens with zero attached hydrogens (tertiary/aromatic N) is 6. The standard InChI is InChI=1S/C12H14N6O2S/c1-7-10-11(17(3)14-7)18(8-4-5-16(2)15-8)12(13-10)21-6-9(19)20/h4-5H,6H2,1-3H3,(H,19,20). The Morgan fingerprint density at radius 2 is 2.14 bits per heavy atom. The van der Waals surface area contributed by atoms with Gasteiger partial charge in [-0.05, 0) is 6.92 Å². The van der Waals surface area contributed by atoms with E-state index in [-0.39, 0.29) is 5.75 Å². The minimum atomic E-state index is -0.880. The summed E-state index contributed by atoms with van der Waals surface area (Å²) in [6, 6.07) is 1.86. The van der Waals surface area contributed by atoms with Gasteiger partial charge < -0.3 is 5.11 Å². The van der Waals surface area contributed by atoms with E-state index in [0.29, 0.717) is 11.0 Å². The third kappa shape index (κ3) is 2.29. The molecule has 3 aromatic rings. The normalized spacial score (nSPS) is 11.4. The molecular weight excluding hydrogens is 292 g/mol. The molecule has 3 aromatic heterocycles. The Balaban J connectivity index is 2.21. The van der Waals surface area contributed by atoms with Crippen molar-refractivity contribution in [2.45, 2.75) is 12.1 Å². The molecule has 110 valence electrons. The van der Waals surface area contributed by atoms with Crippen LogP contribution in [0.3, 0.4) is 0 Å². The average molecular weight is 306 g/mol. The van der Waals surface area contributed by atoms with Gasteiger partial charge in [-0.15, -0.1) is 0 Å². The van der Waals surface area contributed by atoms with Crippen molar-refractivity contribution in [1.82, 2.24) is 29.1 Å². The van der Waals surface area contributed by atoms with E-state index in [1.54, 1.807) is 9.36 Å². The van der Waals surface area contributed by atoms with Gasteiger partial charge >= 0.3 is 5.97 Å². The second-order valence-corrected chi connectivity index (χ2v) is 5.58. The van der Waals surface area contributed by atoms with Gasteiger partial charge in [0.2, 0.25) is 0 Å². The molecule has 0 saturated carbocycles. The highest BCUT2D eigenvalue weighted by Crippen LogP contribution is 2.28. The summed E-state index contributed by atoms with van der Waals surface area (Å²) < 4.78 is 5.26. The summed E-state index contributed by atoms with van der Waals surface area (Å²) in [6.07, 6.45) is 1.83. The molecule has 21 heavy (non-hydrogen) atoms. The molecule has 9 heteroatoms. The van der Waals surface area contributed by atoms with Gasteiger partial charge in [0, 0.05) is 26.4 Å². The number of aromatic nitrogens is 6. The van der Waals surface area contributed by atoms with Crippen molar-refractivity contribution in [3.63, 3.8) is 0 Å². The van der Waals surface area contributed by atoms with Crippen LogP contribution in [0.15, 0.2) is 17.4 Å². The lowest BCUT2D eigenvalue weighted by atomic mass is 10.4. The summed E-state index contributed by atoms with van der Waals surface area (Å²) >= 11 is 1.17. The van der Waals surface area contributed by atoms with Gasteiger partial charge in [0.05, 0.1) is 11.4 Å². The highest BCUT2D eigenvalue weighted by molar-refractivity contribution is 7.99. The van der Waals surface area contributed by atoms with Crippen molar-refractivity contribution in [1.29, 1.82) is 0 Å². The van der Waals surface area contributed by atoms with Crippen LogP contribution >= 0.6 is 11.8 Å². The molecule has 0 aromatic carbocycles. The maximum Gasteiger partial charge on any atom is 0.313 e. The zero-order chi connectivity index (χ0) is 15.1. The predicted octanol–water partition coefficient (Wildman–Crippen LogP) is 0.978. The highest BCUT2D eigenvalue weighted by Gasteiger charge is 2.20. The fourth-order valence-electron chi connectivity index (χ4n) is 2.20. The van der Waals surface area contributed by atoms with E-state index < -0.39 is 5.97 Å². The van der Waals surface area contributed by atoms with Gasteiger partial charge in [-0.1, -0.05) is 11.8 Å². The van der Waals surface area contributed by atoms with Gasteiger partial charge in [0.25, 0.3) is 0 Å². The van der Waals surface area contributed by atoms with Crippen LogP contribution in [0.4, 0.5) is 0 Å². The van der Waals surface area contributed by atoms with Gasteiger partial charge in [-0.3, -0.25) is 14.0 Å². The lowest BCUT2D eigenvalue weighted by Gasteiger charge is -2.05. The number of fused-ring (bicyclic) bond motifs is 1. The Kier molecular flexibility index (Phi) is 3.20. The monoisotopic (exact) mass is 306 g/mol. The first kappa shape index (κ1) is 13.7. The summed E-state index contributed by atoms with van der Waals surface area (Å²) in [5, 5.41) is 18.2.